The summed E-state index contributed by atoms with van der Waals surface area (Å²) in [6.45, 7) is 4.94. The second kappa shape index (κ2) is 7.53. The molecule has 0 aromatic heterocycles. The summed E-state index contributed by atoms with van der Waals surface area (Å²) in [5, 5.41) is 0. The number of nitrogens with zero attached hydrogens (tertiary/aromatic N) is 1. The van der Waals surface area contributed by atoms with Crippen molar-refractivity contribution < 1.29 is 14.3 Å². The zero-order valence-corrected chi connectivity index (χ0v) is 17.4. The van der Waals surface area contributed by atoms with Gasteiger partial charge in [-0.15, -0.1) is 0 Å². The highest BCUT2D eigenvalue weighted by molar-refractivity contribution is 5.84. The molecule has 0 saturated heterocycles. The lowest BCUT2D eigenvalue weighted by atomic mass is 9.49. The maximum absolute atomic E-state index is 13.9. The Morgan fingerprint density at radius 2 is 1.61 bits per heavy atom. The molecule has 4 saturated carbocycles. The van der Waals surface area contributed by atoms with Gasteiger partial charge in [0, 0.05) is 13.1 Å². The van der Waals surface area contributed by atoms with Crippen molar-refractivity contribution in [2.75, 3.05) is 13.7 Å². The molecule has 1 amide bonds. The van der Waals surface area contributed by atoms with Gasteiger partial charge in [-0.2, -0.15) is 0 Å². The van der Waals surface area contributed by atoms with E-state index in [1.165, 1.54) is 31.9 Å². The Morgan fingerprint density at radius 1 is 1.07 bits per heavy atom. The molecule has 0 spiro atoms. The van der Waals surface area contributed by atoms with Crippen LogP contribution in [0.2, 0.25) is 0 Å². The summed E-state index contributed by atoms with van der Waals surface area (Å²) in [6, 6.07) is 8.37. The smallest absolute Gasteiger partial charge is 0.310 e. The lowest BCUT2D eigenvalue weighted by molar-refractivity contribution is -0.160. The van der Waals surface area contributed by atoms with Gasteiger partial charge in [0.05, 0.1) is 18.4 Å². The molecule has 4 aliphatic rings. The molecule has 4 aliphatic carbocycles. The zero-order valence-electron chi connectivity index (χ0n) is 17.4. The first kappa shape index (κ1) is 19.5. The second-order valence-electron chi connectivity index (χ2n) is 9.79. The molecule has 5 rings (SSSR count). The normalized spacial score (nSPS) is 31.5. The summed E-state index contributed by atoms with van der Waals surface area (Å²) in [4.78, 5) is 27.9. The van der Waals surface area contributed by atoms with Crippen molar-refractivity contribution >= 4 is 11.9 Å². The van der Waals surface area contributed by atoms with Gasteiger partial charge in [0.25, 0.3) is 0 Å². The largest absolute Gasteiger partial charge is 0.469 e. The summed E-state index contributed by atoms with van der Waals surface area (Å²) < 4.78 is 4.93. The minimum absolute atomic E-state index is 0.185. The summed E-state index contributed by atoms with van der Waals surface area (Å²) >= 11 is 0. The average molecular weight is 384 g/mol. The van der Waals surface area contributed by atoms with Gasteiger partial charge in [-0.3, -0.25) is 9.59 Å². The van der Waals surface area contributed by atoms with E-state index >= 15 is 0 Å². The fourth-order valence-corrected chi connectivity index (χ4v) is 6.45. The van der Waals surface area contributed by atoms with Gasteiger partial charge in [0.15, 0.2) is 0 Å². The van der Waals surface area contributed by atoms with Gasteiger partial charge < -0.3 is 9.64 Å². The molecule has 4 nitrogen and oxygen atoms in total. The first-order valence-corrected chi connectivity index (χ1v) is 10.8. The number of ether oxygens (including phenoxy) is 1. The Hall–Kier alpha value is -1.84. The van der Waals surface area contributed by atoms with E-state index in [0.29, 0.717) is 13.1 Å². The number of carbonyl (C=O) groups is 2. The van der Waals surface area contributed by atoms with Crippen molar-refractivity contribution in [3.63, 3.8) is 0 Å². The Morgan fingerprint density at radius 3 is 2.11 bits per heavy atom. The molecule has 4 bridgehead atoms. The molecule has 152 valence electrons. The molecule has 28 heavy (non-hydrogen) atoms. The minimum Gasteiger partial charge on any atom is -0.469 e. The Kier molecular flexibility index (Phi) is 5.24. The van der Waals surface area contributed by atoms with E-state index in [-0.39, 0.29) is 23.2 Å². The van der Waals surface area contributed by atoms with Crippen LogP contribution in [0.4, 0.5) is 0 Å². The number of aryl methyl sites for hydroxylation is 1. The van der Waals surface area contributed by atoms with E-state index in [0.717, 1.165) is 42.6 Å². The topological polar surface area (TPSA) is 46.6 Å². The van der Waals surface area contributed by atoms with Crippen molar-refractivity contribution in [2.45, 2.75) is 58.9 Å². The number of hydrogen-bond donors (Lipinski definition) is 0. The van der Waals surface area contributed by atoms with E-state index in [9.17, 15) is 9.59 Å². The standard InChI is InChI=1S/C24H33NO3/c1-16-4-6-18(7-5-16)15-25(14-17(2)22(26)28-3)23(27)24-11-19-8-20(12-24)10-21(9-19)13-24/h4-7,17,19-21H,8-15H2,1-3H3. The fourth-order valence-electron chi connectivity index (χ4n) is 6.45. The minimum atomic E-state index is -0.312. The van der Waals surface area contributed by atoms with E-state index in [1.807, 2.05) is 11.8 Å². The first-order valence-electron chi connectivity index (χ1n) is 10.8. The molecule has 4 heteroatoms. The van der Waals surface area contributed by atoms with Gasteiger partial charge in [-0.1, -0.05) is 36.8 Å². The predicted octanol–water partition coefficient (Wildman–Crippen LogP) is 4.35. The molecule has 0 aliphatic heterocycles. The van der Waals surface area contributed by atoms with Crippen LogP contribution in [0.3, 0.4) is 0 Å². The van der Waals surface area contributed by atoms with Crippen molar-refractivity contribution in [1.82, 2.24) is 4.90 Å². The van der Waals surface area contributed by atoms with Crippen LogP contribution in [0, 0.1) is 36.0 Å². The Labute approximate surface area is 168 Å². The van der Waals surface area contributed by atoms with Crippen LogP contribution in [0.1, 0.15) is 56.6 Å². The number of hydrogen-bond acceptors (Lipinski definition) is 3. The van der Waals surface area contributed by atoms with Gasteiger partial charge >= 0.3 is 5.97 Å². The SMILES string of the molecule is COC(=O)C(C)CN(Cc1ccc(C)cc1)C(=O)C12CC3CC(CC(C3)C1)C2. The summed E-state index contributed by atoms with van der Waals surface area (Å²) in [6.07, 6.45) is 7.12. The van der Waals surface area contributed by atoms with Crippen LogP contribution >= 0.6 is 0 Å². The molecule has 0 N–H and O–H groups in total. The van der Waals surface area contributed by atoms with Crippen molar-refractivity contribution in [2.24, 2.45) is 29.1 Å². The molecule has 1 aromatic rings. The van der Waals surface area contributed by atoms with Crippen LogP contribution in [0.25, 0.3) is 0 Å². The molecule has 0 heterocycles. The molecule has 1 atom stereocenters. The molecular weight excluding hydrogens is 350 g/mol. The van der Waals surface area contributed by atoms with Gasteiger partial charge in [-0.25, -0.2) is 0 Å². The number of carbonyl (C=O) groups excluding carboxylic acids is 2. The number of amides is 1. The van der Waals surface area contributed by atoms with Crippen molar-refractivity contribution in [1.29, 1.82) is 0 Å². The fraction of sp³-hybridized carbons (Fsp3) is 0.667. The number of methoxy groups -OCH3 is 1. The van der Waals surface area contributed by atoms with Crippen LogP contribution in [-0.4, -0.2) is 30.4 Å². The monoisotopic (exact) mass is 383 g/mol. The van der Waals surface area contributed by atoms with E-state index in [1.54, 1.807) is 0 Å². The quantitative estimate of drug-likeness (QED) is 0.686. The van der Waals surface area contributed by atoms with Crippen molar-refractivity contribution in [3.8, 4) is 0 Å². The van der Waals surface area contributed by atoms with Crippen LogP contribution in [0.15, 0.2) is 24.3 Å². The Balaban J connectivity index is 1.57. The van der Waals surface area contributed by atoms with Gasteiger partial charge in [0.2, 0.25) is 5.91 Å². The number of benzene rings is 1. The first-order chi connectivity index (χ1) is 13.4. The van der Waals surface area contributed by atoms with Crippen LogP contribution in [-0.2, 0) is 20.9 Å². The molecule has 1 aromatic carbocycles. The highest BCUT2D eigenvalue weighted by Gasteiger charge is 2.55. The maximum Gasteiger partial charge on any atom is 0.310 e. The molecule has 1 unspecified atom stereocenters. The van der Waals surface area contributed by atoms with E-state index in [4.69, 9.17) is 4.74 Å². The summed E-state index contributed by atoms with van der Waals surface area (Å²) in [7, 11) is 1.42. The molecule has 0 radical (unpaired) electrons. The van der Waals surface area contributed by atoms with Crippen LogP contribution < -0.4 is 0 Å². The summed E-state index contributed by atoms with van der Waals surface area (Å²) in [5.74, 6) is 1.92. The average Bonchev–Trinajstić information content (AvgIpc) is 2.66. The number of rotatable bonds is 6. The van der Waals surface area contributed by atoms with Gasteiger partial charge in [-0.05, 0) is 68.8 Å². The van der Waals surface area contributed by atoms with Crippen molar-refractivity contribution in [3.05, 3.63) is 35.4 Å². The zero-order chi connectivity index (χ0) is 19.9. The maximum atomic E-state index is 13.9. The predicted molar refractivity (Wildman–Crippen MR) is 108 cm³/mol. The van der Waals surface area contributed by atoms with E-state index < -0.39 is 0 Å². The lowest BCUT2D eigenvalue weighted by Gasteiger charge is -2.56. The third kappa shape index (κ3) is 3.70. The van der Waals surface area contributed by atoms with Crippen LogP contribution in [0.5, 0.6) is 0 Å². The van der Waals surface area contributed by atoms with Gasteiger partial charge in [0.1, 0.15) is 0 Å². The molecular formula is C24H33NO3. The third-order valence-electron chi connectivity index (χ3n) is 7.37. The highest BCUT2D eigenvalue weighted by atomic mass is 16.5. The van der Waals surface area contributed by atoms with E-state index in [2.05, 4.69) is 31.2 Å². The number of esters is 1. The third-order valence-corrected chi connectivity index (χ3v) is 7.37. The summed E-state index contributed by atoms with van der Waals surface area (Å²) in [5.41, 5.74) is 2.15. The highest BCUT2D eigenvalue weighted by Crippen LogP contribution is 2.60. The second-order valence-corrected chi connectivity index (χ2v) is 9.79. The lowest BCUT2D eigenvalue weighted by Crippen LogP contribution is -2.55. The Bertz CT molecular complexity index is 703. The molecule has 4 fully saturated rings.